The molecule has 3 nitrogen and oxygen atoms in total. The van der Waals surface area contributed by atoms with E-state index in [2.05, 4.69) is 56.8 Å². The smallest absolute Gasteiger partial charge is 0.110 e. The maximum Gasteiger partial charge on any atom is 0.110 e. The molecule has 18 heavy (non-hydrogen) atoms. The molecule has 0 unspecified atom stereocenters. The van der Waals surface area contributed by atoms with Crippen molar-refractivity contribution < 1.29 is 0 Å². The summed E-state index contributed by atoms with van der Waals surface area (Å²) in [6.45, 7) is 5.15. The zero-order valence-electron chi connectivity index (χ0n) is 11.0. The monoisotopic (exact) mass is 307 g/mol. The second-order valence-electron chi connectivity index (χ2n) is 4.55. The summed E-state index contributed by atoms with van der Waals surface area (Å²) >= 11 is 3.52. The van der Waals surface area contributed by atoms with Gasteiger partial charge in [-0.1, -0.05) is 15.9 Å². The number of benzene rings is 1. The van der Waals surface area contributed by atoms with Crippen LogP contribution in [0.4, 0.5) is 5.69 Å². The van der Waals surface area contributed by atoms with Gasteiger partial charge in [0.2, 0.25) is 0 Å². The average Bonchev–Trinajstić information content (AvgIpc) is 2.68. The fraction of sp³-hybridized carbons (Fsp3) is 0.357. The fourth-order valence-corrected chi connectivity index (χ4v) is 2.81. The topological polar surface area (TPSA) is 29.9 Å². The molecule has 0 radical (unpaired) electrons. The molecule has 0 amide bonds. The average molecular weight is 308 g/mol. The number of hydrogen-bond acceptors (Lipinski definition) is 2. The van der Waals surface area contributed by atoms with E-state index in [9.17, 15) is 0 Å². The minimum Gasteiger partial charge on any atom is -0.384 e. The lowest BCUT2D eigenvalue weighted by Gasteiger charge is -2.13. The quantitative estimate of drug-likeness (QED) is 0.937. The highest BCUT2D eigenvalue weighted by atomic mass is 79.9. The Balaban J connectivity index is 2.01. The Labute approximate surface area is 116 Å². The minimum atomic E-state index is 0.897. The molecule has 0 fully saturated rings. The number of nitrogens with zero attached hydrogens (tertiary/aromatic N) is 2. The standard InChI is InChI=1S/C14H18BrN3/c1-10-8-12(15)9-11(2)14(10)17-5-4-13-16-6-7-18(13)3/h6-9,17H,4-5H2,1-3H3. The zero-order chi connectivity index (χ0) is 13.1. The molecule has 0 bridgehead atoms. The van der Waals surface area contributed by atoms with Crippen LogP contribution in [0.2, 0.25) is 0 Å². The van der Waals surface area contributed by atoms with Crippen LogP contribution in [0.3, 0.4) is 0 Å². The van der Waals surface area contributed by atoms with E-state index in [1.165, 1.54) is 16.8 Å². The number of imidazole rings is 1. The third kappa shape index (κ3) is 2.93. The Hall–Kier alpha value is -1.29. The summed E-state index contributed by atoms with van der Waals surface area (Å²) in [6.07, 6.45) is 4.75. The lowest BCUT2D eigenvalue weighted by atomic mass is 10.1. The maximum absolute atomic E-state index is 4.32. The van der Waals surface area contributed by atoms with Crippen LogP contribution in [-0.4, -0.2) is 16.1 Å². The van der Waals surface area contributed by atoms with Crippen LogP contribution < -0.4 is 5.32 Å². The van der Waals surface area contributed by atoms with Gasteiger partial charge in [0, 0.05) is 42.6 Å². The van der Waals surface area contributed by atoms with Gasteiger partial charge in [0.15, 0.2) is 0 Å². The summed E-state index contributed by atoms with van der Waals surface area (Å²) < 4.78 is 3.19. The van der Waals surface area contributed by atoms with Crippen LogP contribution in [0.15, 0.2) is 29.0 Å². The van der Waals surface area contributed by atoms with Crippen LogP contribution in [-0.2, 0) is 13.5 Å². The van der Waals surface area contributed by atoms with Gasteiger partial charge in [0.05, 0.1) is 0 Å². The number of anilines is 1. The molecule has 1 heterocycles. The summed E-state index contributed by atoms with van der Waals surface area (Å²) in [6, 6.07) is 4.27. The van der Waals surface area contributed by atoms with Crippen molar-refractivity contribution in [1.29, 1.82) is 0 Å². The first-order chi connectivity index (χ1) is 8.58. The van der Waals surface area contributed by atoms with Crippen molar-refractivity contribution >= 4 is 21.6 Å². The number of halogens is 1. The molecule has 1 aromatic carbocycles. The Morgan fingerprint density at radius 3 is 2.50 bits per heavy atom. The largest absolute Gasteiger partial charge is 0.384 e. The summed E-state index contributed by atoms with van der Waals surface area (Å²) in [5.74, 6) is 1.11. The lowest BCUT2D eigenvalue weighted by Crippen LogP contribution is -2.10. The zero-order valence-corrected chi connectivity index (χ0v) is 12.6. The molecule has 0 aliphatic rings. The molecule has 0 spiro atoms. The van der Waals surface area contributed by atoms with Crippen molar-refractivity contribution in [2.75, 3.05) is 11.9 Å². The molecular formula is C14H18BrN3. The van der Waals surface area contributed by atoms with E-state index in [0.717, 1.165) is 23.3 Å². The minimum absolute atomic E-state index is 0.897. The second-order valence-corrected chi connectivity index (χ2v) is 5.46. The van der Waals surface area contributed by atoms with Crippen LogP contribution in [0, 0.1) is 13.8 Å². The van der Waals surface area contributed by atoms with E-state index in [0.29, 0.717) is 0 Å². The van der Waals surface area contributed by atoms with E-state index >= 15 is 0 Å². The van der Waals surface area contributed by atoms with Crippen LogP contribution in [0.1, 0.15) is 17.0 Å². The predicted octanol–water partition coefficient (Wildman–Crippen LogP) is 3.45. The summed E-state index contributed by atoms with van der Waals surface area (Å²) in [5, 5.41) is 3.50. The maximum atomic E-state index is 4.32. The van der Waals surface area contributed by atoms with E-state index in [-0.39, 0.29) is 0 Å². The van der Waals surface area contributed by atoms with Crippen molar-refractivity contribution in [1.82, 2.24) is 9.55 Å². The van der Waals surface area contributed by atoms with Gasteiger partial charge in [-0.25, -0.2) is 4.98 Å². The van der Waals surface area contributed by atoms with E-state index < -0.39 is 0 Å². The summed E-state index contributed by atoms with van der Waals surface area (Å²) in [5.41, 5.74) is 3.76. The Bertz CT molecular complexity index is 523. The van der Waals surface area contributed by atoms with E-state index in [1.807, 2.05) is 19.4 Å². The van der Waals surface area contributed by atoms with Crippen molar-refractivity contribution in [3.63, 3.8) is 0 Å². The van der Waals surface area contributed by atoms with Crippen molar-refractivity contribution in [2.45, 2.75) is 20.3 Å². The van der Waals surface area contributed by atoms with Gasteiger partial charge in [-0.05, 0) is 37.1 Å². The third-order valence-corrected chi connectivity index (χ3v) is 3.53. The highest BCUT2D eigenvalue weighted by Gasteiger charge is 2.04. The van der Waals surface area contributed by atoms with Gasteiger partial charge in [-0.2, -0.15) is 0 Å². The van der Waals surface area contributed by atoms with Crippen LogP contribution in [0.25, 0.3) is 0 Å². The fourth-order valence-electron chi connectivity index (χ4n) is 2.13. The number of aromatic nitrogens is 2. The molecule has 2 aromatic rings. The molecular weight excluding hydrogens is 290 g/mol. The molecule has 2 rings (SSSR count). The van der Waals surface area contributed by atoms with Crippen LogP contribution in [0.5, 0.6) is 0 Å². The van der Waals surface area contributed by atoms with Gasteiger partial charge in [0.25, 0.3) is 0 Å². The van der Waals surface area contributed by atoms with E-state index in [1.54, 1.807) is 0 Å². The molecule has 1 N–H and O–H groups in total. The highest BCUT2D eigenvalue weighted by Crippen LogP contribution is 2.24. The number of rotatable bonds is 4. The molecule has 0 saturated heterocycles. The van der Waals surface area contributed by atoms with Gasteiger partial charge < -0.3 is 9.88 Å². The SMILES string of the molecule is Cc1cc(Br)cc(C)c1NCCc1nccn1C. The molecule has 96 valence electrons. The Morgan fingerprint density at radius 1 is 1.28 bits per heavy atom. The summed E-state index contributed by atoms with van der Waals surface area (Å²) in [7, 11) is 2.03. The van der Waals surface area contributed by atoms with Gasteiger partial charge in [-0.3, -0.25) is 0 Å². The van der Waals surface area contributed by atoms with Crippen molar-refractivity contribution in [2.24, 2.45) is 7.05 Å². The predicted molar refractivity (Wildman–Crippen MR) is 79.0 cm³/mol. The molecule has 4 heteroatoms. The Morgan fingerprint density at radius 2 is 1.94 bits per heavy atom. The van der Waals surface area contributed by atoms with Crippen molar-refractivity contribution in [3.05, 3.63) is 46.0 Å². The van der Waals surface area contributed by atoms with Crippen molar-refractivity contribution in [3.8, 4) is 0 Å². The summed E-state index contributed by atoms with van der Waals surface area (Å²) in [4.78, 5) is 4.32. The molecule has 0 saturated carbocycles. The molecule has 0 atom stereocenters. The first kappa shape index (κ1) is 13.1. The first-order valence-electron chi connectivity index (χ1n) is 6.04. The third-order valence-electron chi connectivity index (χ3n) is 3.07. The number of nitrogens with one attached hydrogen (secondary N) is 1. The van der Waals surface area contributed by atoms with Gasteiger partial charge >= 0.3 is 0 Å². The normalized spacial score (nSPS) is 10.7. The van der Waals surface area contributed by atoms with Gasteiger partial charge in [-0.15, -0.1) is 0 Å². The number of hydrogen-bond donors (Lipinski definition) is 1. The van der Waals surface area contributed by atoms with Crippen LogP contribution >= 0.6 is 15.9 Å². The first-order valence-corrected chi connectivity index (χ1v) is 6.84. The van der Waals surface area contributed by atoms with Gasteiger partial charge in [0.1, 0.15) is 5.82 Å². The van der Waals surface area contributed by atoms with E-state index in [4.69, 9.17) is 0 Å². The Kier molecular flexibility index (Phi) is 4.07. The highest BCUT2D eigenvalue weighted by molar-refractivity contribution is 9.10. The molecule has 0 aliphatic carbocycles. The number of aryl methyl sites for hydroxylation is 3. The molecule has 1 aromatic heterocycles. The second kappa shape index (κ2) is 5.57. The lowest BCUT2D eigenvalue weighted by molar-refractivity contribution is 0.789. The molecule has 0 aliphatic heterocycles.